The summed E-state index contributed by atoms with van der Waals surface area (Å²) in [4.78, 5) is 0.749. The second kappa shape index (κ2) is 4.65. The number of allylic oxidation sites excluding steroid dienone is 2. The van der Waals surface area contributed by atoms with Crippen molar-refractivity contribution in [1.82, 2.24) is 5.48 Å². The largest absolute Gasteiger partial charge is 0.316 e. The molecule has 0 aromatic rings. The van der Waals surface area contributed by atoms with E-state index < -0.39 is 0 Å². The first-order valence-electron chi connectivity index (χ1n) is 4.38. The Kier molecular flexibility index (Phi) is 3.78. The van der Waals surface area contributed by atoms with Crippen LogP contribution in [0, 0.1) is 12.0 Å². The summed E-state index contributed by atoms with van der Waals surface area (Å²) >= 11 is 5.19. The van der Waals surface area contributed by atoms with E-state index in [4.69, 9.17) is 17.4 Å². The molecule has 0 spiro atoms. The molecule has 0 bridgehead atoms. The van der Waals surface area contributed by atoms with Gasteiger partial charge in [-0.1, -0.05) is 38.2 Å². The van der Waals surface area contributed by atoms with Gasteiger partial charge < -0.3 is 5.21 Å². The average molecular weight is 196 g/mol. The van der Waals surface area contributed by atoms with E-state index in [1.54, 1.807) is 12.2 Å². The van der Waals surface area contributed by atoms with Crippen molar-refractivity contribution in [1.29, 1.82) is 0 Å². The molecule has 1 unspecified atom stereocenters. The first kappa shape index (κ1) is 10.6. The lowest BCUT2D eigenvalue weighted by atomic mass is 9.93. The van der Waals surface area contributed by atoms with Gasteiger partial charge in [-0.25, -0.2) is 0 Å². The van der Waals surface area contributed by atoms with Crippen molar-refractivity contribution in [3.63, 3.8) is 0 Å². The Morgan fingerprint density at radius 3 is 2.92 bits per heavy atom. The molecule has 0 saturated carbocycles. The molecular formula is C10H14NOS. The number of hydrogen-bond acceptors (Lipinski definition) is 3. The highest BCUT2D eigenvalue weighted by molar-refractivity contribution is 7.81. The molecule has 1 atom stereocenters. The fourth-order valence-corrected chi connectivity index (χ4v) is 1.53. The first-order valence-corrected chi connectivity index (χ1v) is 4.79. The van der Waals surface area contributed by atoms with Crippen LogP contribution in [0.5, 0.6) is 0 Å². The lowest BCUT2D eigenvalue weighted by molar-refractivity contribution is 0.164. The summed E-state index contributed by atoms with van der Waals surface area (Å²) in [5, 5.41) is 8.78. The smallest absolute Gasteiger partial charge is 0.0856 e. The molecule has 1 aliphatic carbocycles. The molecule has 0 amide bonds. The normalized spacial score (nSPS) is 22.3. The van der Waals surface area contributed by atoms with Gasteiger partial charge in [0.25, 0.3) is 0 Å². The Hall–Kier alpha value is -0.510. The number of rotatable bonds is 3. The standard InChI is InChI=1S/C10H14NOS/c1-7(2)6-8-4-3-5-9(11-12)10(8)13/h3,5,7,9,11-12H,6H2,1-2H3. The number of hydroxylamine groups is 1. The zero-order chi connectivity index (χ0) is 9.84. The minimum atomic E-state index is -0.218. The Morgan fingerprint density at radius 1 is 1.69 bits per heavy atom. The molecule has 3 heteroatoms. The van der Waals surface area contributed by atoms with Crippen molar-refractivity contribution in [3.05, 3.63) is 23.8 Å². The molecule has 0 aromatic carbocycles. The van der Waals surface area contributed by atoms with Crippen LogP contribution in [-0.4, -0.2) is 16.1 Å². The van der Waals surface area contributed by atoms with E-state index in [1.807, 2.05) is 0 Å². The van der Waals surface area contributed by atoms with Gasteiger partial charge in [0, 0.05) is 4.86 Å². The molecule has 13 heavy (non-hydrogen) atoms. The third-order valence-corrected chi connectivity index (χ3v) is 2.38. The van der Waals surface area contributed by atoms with Crippen molar-refractivity contribution in [2.75, 3.05) is 0 Å². The quantitative estimate of drug-likeness (QED) is 0.535. The summed E-state index contributed by atoms with van der Waals surface area (Å²) in [7, 11) is 0. The summed E-state index contributed by atoms with van der Waals surface area (Å²) in [6, 6.07) is -0.218. The Bertz CT molecular complexity index is 256. The van der Waals surface area contributed by atoms with E-state index in [1.165, 1.54) is 0 Å². The summed E-state index contributed by atoms with van der Waals surface area (Å²) in [5.74, 6) is 0.561. The van der Waals surface area contributed by atoms with Crippen LogP contribution in [0.15, 0.2) is 17.7 Å². The van der Waals surface area contributed by atoms with E-state index in [2.05, 4.69) is 25.4 Å². The summed E-state index contributed by atoms with van der Waals surface area (Å²) in [6.07, 6.45) is 7.63. The molecule has 1 radical (unpaired) electrons. The molecule has 0 aromatic heterocycles. The highest BCUT2D eigenvalue weighted by atomic mass is 32.1. The van der Waals surface area contributed by atoms with Crippen LogP contribution in [0.3, 0.4) is 0 Å². The highest BCUT2D eigenvalue weighted by Crippen LogP contribution is 2.17. The second-order valence-corrected chi connectivity index (χ2v) is 3.99. The van der Waals surface area contributed by atoms with Gasteiger partial charge in [0.15, 0.2) is 0 Å². The summed E-state index contributed by atoms with van der Waals surface area (Å²) in [6.45, 7) is 4.27. The van der Waals surface area contributed by atoms with Crippen molar-refractivity contribution < 1.29 is 5.21 Å². The van der Waals surface area contributed by atoms with E-state index in [0.717, 1.165) is 16.9 Å². The van der Waals surface area contributed by atoms with Gasteiger partial charge in [0.05, 0.1) is 6.04 Å². The average Bonchev–Trinajstić information content (AvgIpc) is 2.08. The van der Waals surface area contributed by atoms with Gasteiger partial charge in [-0.3, -0.25) is 0 Å². The third-order valence-electron chi connectivity index (χ3n) is 1.88. The fourth-order valence-electron chi connectivity index (χ4n) is 1.26. The number of nitrogens with one attached hydrogen (secondary N) is 1. The second-order valence-electron chi connectivity index (χ2n) is 3.55. The Labute approximate surface area is 84.3 Å². The van der Waals surface area contributed by atoms with Crippen LogP contribution in [-0.2, 0) is 0 Å². The van der Waals surface area contributed by atoms with Crippen molar-refractivity contribution >= 4 is 17.1 Å². The minimum absolute atomic E-state index is 0.218. The van der Waals surface area contributed by atoms with Crippen LogP contribution in [0.25, 0.3) is 0 Å². The highest BCUT2D eigenvalue weighted by Gasteiger charge is 2.17. The molecule has 1 aliphatic rings. The Balaban J connectivity index is 2.69. The maximum absolute atomic E-state index is 8.78. The molecule has 0 saturated heterocycles. The van der Waals surface area contributed by atoms with E-state index in [-0.39, 0.29) is 6.04 Å². The molecule has 2 N–H and O–H groups in total. The van der Waals surface area contributed by atoms with Gasteiger partial charge in [0.1, 0.15) is 0 Å². The number of thiocarbonyl (C=S) groups is 1. The zero-order valence-electron chi connectivity index (χ0n) is 7.87. The molecule has 0 aliphatic heterocycles. The monoisotopic (exact) mass is 196 g/mol. The molecule has 71 valence electrons. The molecule has 2 nitrogen and oxygen atoms in total. The number of hydrogen-bond donors (Lipinski definition) is 2. The van der Waals surface area contributed by atoms with Crippen LogP contribution >= 0.6 is 12.2 Å². The van der Waals surface area contributed by atoms with Crippen LogP contribution < -0.4 is 5.48 Å². The van der Waals surface area contributed by atoms with Crippen LogP contribution in [0.4, 0.5) is 0 Å². The summed E-state index contributed by atoms with van der Waals surface area (Å²) < 4.78 is 0. The van der Waals surface area contributed by atoms with Gasteiger partial charge >= 0.3 is 0 Å². The van der Waals surface area contributed by atoms with Crippen molar-refractivity contribution in [2.45, 2.75) is 26.3 Å². The summed E-state index contributed by atoms with van der Waals surface area (Å²) in [5.41, 5.74) is 3.19. The van der Waals surface area contributed by atoms with E-state index in [9.17, 15) is 0 Å². The lowest BCUT2D eigenvalue weighted by Gasteiger charge is -2.19. The lowest BCUT2D eigenvalue weighted by Crippen LogP contribution is -2.34. The third kappa shape index (κ3) is 2.72. The minimum Gasteiger partial charge on any atom is -0.316 e. The maximum Gasteiger partial charge on any atom is 0.0856 e. The topological polar surface area (TPSA) is 32.3 Å². The van der Waals surface area contributed by atoms with Gasteiger partial charge in [-0.2, -0.15) is 5.48 Å². The molecule has 0 heterocycles. The maximum atomic E-state index is 8.78. The van der Waals surface area contributed by atoms with E-state index >= 15 is 0 Å². The fraction of sp³-hybridized carbons (Fsp3) is 0.500. The first-order chi connectivity index (χ1) is 6.15. The molecule has 1 rings (SSSR count). The van der Waals surface area contributed by atoms with Gasteiger partial charge in [-0.05, 0) is 24.0 Å². The van der Waals surface area contributed by atoms with Gasteiger partial charge in [0.2, 0.25) is 0 Å². The van der Waals surface area contributed by atoms with E-state index in [0.29, 0.717) is 5.92 Å². The predicted molar refractivity (Wildman–Crippen MR) is 56.7 cm³/mol. The SMILES string of the molecule is CC(C)CC1=[C]C=CC(NO)C1=S. The van der Waals surface area contributed by atoms with Crippen molar-refractivity contribution in [2.24, 2.45) is 5.92 Å². The van der Waals surface area contributed by atoms with Crippen LogP contribution in [0.2, 0.25) is 0 Å². The predicted octanol–water partition coefficient (Wildman–Crippen LogP) is 2.05. The zero-order valence-corrected chi connectivity index (χ0v) is 8.69. The molecular weight excluding hydrogens is 182 g/mol. The Morgan fingerprint density at radius 2 is 2.38 bits per heavy atom. The van der Waals surface area contributed by atoms with Gasteiger partial charge in [-0.15, -0.1) is 0 Å². The molecule has 0 fully saturated rings. The van der Waals surface area contributed by atoms with Crippen LogP contribution in [0.1, 0.15) is 20.3 Å². The van der Waals surface area contributed by atoms with Crippen molar-refractivity contribution in [3.8, 4) is 0 Å².